The molecule has 7 heteroatoms. The Balaban J connectivity index is 1.32. The van der Waals surface area contributed by atoms with Gasteiger partial charge in [0.05, 0.1) is 5.92 Å². The molecule has 0 aromatic heterocycles. The van der Waals surface area contributed by atoms with E-state index < -0.39 is 0 Å². The normalized spacial score (nSPS) is 15.6. The number of halogens is 2. The van der Waals surface area contributed by atoms with E-state index >= 15 is 0 Å². The van der Waals surface area contributed by atoms with Gasteiger partial charge in [0.15, 0.2) is 0 Å². The molecule has 1 saturated heterocycles. The number of carbonyl (C=O) groups is 2. The predicted molar refractivity (Wildman–Crippen MR) is 126 cm³/mol. The number of ether oxygens (including phenoxy) is 1. The first kappa shape index (κ1) is 22.2. The number of carbonyl (C=O) groups excluding carboxylic acids is 2. The number of hydrogen-bond donors (Lipinski definition) is 1. The highest BCUT2D eigenvalue weighted by molar-refractivity contribution is 6.35. The summed E-state index contributed by atoms with van der Waals surface area (Å²) in [4.78, 5) is 26.7. The van der Waals surface area contributed by atoms with Crippen molar-refractivity contribution in [1.29, 1.82) is 0 Å². The average molecular weight is 469 g/mol. The Hall–Kier alpha value is -3.02. The minimum atomic E-state index is -0.366. The van der Waals surface area contributed by atoms with Crippen LogP contribution in [0.5, 0.6) is 5.75 Å². The molecule has 0 radical (unpaired) electrons. The molecule has 1 aliphatic heterocycles. The van der Waals surface area contributed by atoms with Crippen LogP contribution < -0.4 is 15.0 Å². The zero-order chi connectivity index (χ0) is 22.5. The van der Waals surface area contributed by atoms with Gasteiger partial charge in [0, 0.05) is 40.8 Å². The minimum Gasteiger partial charge on any atom is -0.489 e. The summed E-state index contributed by atoms with van der Waals surface area (Å²) in [5, 5.41) is 4.05. The lowest BCUT2D eigenvalue weighted by molar-refractivity contribution is -0.126. The molecule has 164 valence electrons. The van der Waals surface area contributed by atoms with Gasteiger partial charge in [-0.2, -0.15) is 0 Å². The lowest BCUT2D eigenvalue weighted by Crippen LogP contribution is -2.32. The molecule has 2 amide bonds. The Bertz CT molecular complexity index is 1100. The van der Waals surface area contributed by atoms with E-state index in [0.717, 1.165) is 16.8 Å². The Morgan fingerprint density at radius 2 is 1.78 bits per heavy atom. The Kier molecular flexibility index (Phi) is 6.98. The predicted octanol–water partition coefficient (Wildman–Crippen LogP) is 5.24. The third-order valence-corrected chi connectivity index (χ3v) is 5.95. The second-order valence-corrected chi connectivity index (χ2v) is 8.47. The fraction of sp³-hybridized carbons (Fsp3) is 0.200. The molecule has 1 aliphatic rings. The summed E-state index contributed by atoms with van der Waals surface area (Å²) < 4.78 is 5.80. The van der Waals surface area contributed by atoms with E-state index in [1.807, 2.05) is 48.5 Å². The lowest BCUT2D eigenvalue weighted by Gasteiger charge is -2.17. The van der Waals surface area contributed by atoms with Crippen molar-refractivity contribution in [2.24, 2.45) is 5.92 Å². The molecule has 1 atom stereocenters. The van der Waals surface area contributed by atoms with Gasteiger partial charge in [0.25, 0.3) is 0 Å². The van der Waals surface area contributed by atoms with Gasteiger partial charge in [0.2, 0.25) is 11.8 Å². The van der Waals surface area contributed by atoms with Crippen molar-refractivity contribution in [3.63, 3.8) is 0 Å². The van der Waals surface area contributed by atoms with E-state index in [2.05, 4.69) is 5.32 Å². The monoisotopic (exact) mass is 468 g/mol. The van der Waals surface area contributed by atoms with Gasteiger partial charge in [-0.15, -0.1) is 0 Å². The number of benzene rings is 3. The van der Waals surface area contributed by atoms with Crippen molar-refractivity contribution in [2.45, 2.75) is 19.6 Å². The molecule has 0 spiro atoms. The lowest BCUT2D eigenvalue weighted by atomic mass is 10.1. The standard InChI is InChI=1S/C25H22Cl2N2O3/c26-20-7-6-18(23(27)13-20)16-32-22-10-8-21(9-11-22)29-15-19(12-24(29)30)25(31)28-14-17-4-2-1-3-5-17/h1-11,13,19H,12,14-16H2,(H,28,31). The van der Waals surface area contributed by atoms with Crippen LogP contribution >= 0.6 is 23.2 Å². The molecular formula is C25H22Cl2N2O3. The van der Waals surface area contributed by atoms with E-state index in [-0.39, 0.29) is 24.2 Å². The first-order valence-electron chi connectivity index (χ1n) is 10.3. The first-order chi connectivity index (χ1) is 15.5. The van der Waals surface area contributed by atoms with Crippen molar-refractivity contribution in [3.8, 4) is 5.75 Å². The van der Waals surface area contributed by atoms with Crippen molar-refractivity contribution < 1.29 is 14.3 Å². The van der Waals surface area contributed by atoms with Crippen LogP contribution in [-0.2, 0) is 22.7 Å². The van der Waals surface area contributed by atoms with Gasteiger partial charge >= 0.3 is 0 Å². The van der Waals surface area contributed by atoms with E-state index in [1.165, 1.54) is 0 Å². The van der Waals surface area contributed by atoms with Crippen LogP contribution in [0, 0.1) is 5.92 Å². The molecule has 5 nitrogen and oxygen atoms in total. The summed E-state index contributed by atoms with van der Waals surface area (Å²) in [5.41, 5.74) is 2.60. The quantitative estimate of drug-likeness (QED) is 0.515. The fourth-order valence-electron chi connectivity index (χ4n) is 3.58. The van der Waals surface area contributed by atoms with Crippen LogP contribution in [0.1, 0.15) is 17.5 Å². The molecule has 0 aliphatic carbocycles. The summed E-state index contributed by atoms with van der Waals surface area (Å²) in [7, 11) is 0. The van der Waals surface area contributed by atoms with Gasteiger partial charge in [-0.3, -0.25) is 9.59 Å². The molecular weight excluding hydrogens is 447 g/mol. The average Bonchev–Trinajstić information content (AvgIpc) is 3.19. The van der Waals surface area contributed by atoms with Gasteiger partial charge in [-0.1, -0.05) is 59.6 Å². The zero-order valence-electron chi connectivity index (χ0n) is 17.3. The number of hydrogen-bond acceptors (Lipinski definition) is 3. The van der Waals surface area contributed by atoms with Gasteiger partial charge in [-0.25, -0.2) is 0 Å². The van der Waals surface area contributed by atoms with Crippen LogP contribution in [0.15, 0.2) is 72.8 Å². The molecule has 4 rings (SSSR count). The summed E-state index contributed by atoms with van der Waals surface area (Å²) in [5.74, 6) is 0.119. The van der Waals surface area contributed by atoms with Gasteiger partial charge < -0.3 is 15.0 Å². The minimum absolute atomic E-state index is 0.0634. The number of nitrogens with one attached hydrogen (secondary N) is 1. The van der Waals surface area contributed by atoms with E-state index in [1.54, 1.807) is 29.2 Å². The highest BCUT2D eigenvalue weighted by Gasteiger charge is 2.35. The zero-order valence-corrected chi connectivity index (χ0v) is 18.8. The maximum absolute atomic E-state index is 12.5. The number of amides is 2. The molecule has 0 saturated carbocycles. The SMILES string of the molecule is O=C(NCc1ccccc1)C1CC(=O)N(c2ccc(OCc3ccc(Cl)cc3Cl)cc2)C1. The molecule has 32 heavy (non-hydrogen) atoms. The highest BCUT2D eigenvalue weighted by Crippen LogP contribution is 2.28. The fourth-order valence-corrected chi connectivity index (χ4v) is 4.05. The second-order valence-electron chi connectivity index (χ2n) is 7.63. The number of rotatable bonds is 7. The van der Waals surface area contributed by atoms with Crippen molar-refractivity contribution in [2.75, 3.05) is 11.4 Å². The Morgan fingerprint density at radius 1 is 1.03 bits per heavy atom. The smallest absolute Gasteiger partial charge is 0.227 e. The van der Waals surface area contributed by atoms with Crippen molar-refractivity contribution in [1.82, 2.24) is 5.32 Å². The van der Waals surface area contributed by atoms with Crippen LogP contribution in [0.2, 0.25) is 10.0 Å². The molecule has 1 fully saturated rings. The number of anilines is 1. The molecule has 1 N–H and O–H groups in total. The van der Waals surface area contributed by atoms with Crippen molar-refractivity contribution >= 4 is 40.7 Å². The van der Waals surface area contributed by atoms with E-state index in [4.69, 9.17) is 27.9 Å². The largest absolute Gasteiger partial charge is 0.489 e. The topological polar surface area (TPSA) is 58.6 Å². The maximum Gasteiger partial charge on any atom is 0.227 e. The van der Waals surface area contributed by atoms with Gasteiger partial charge in [0.1, 0.15) is 12.4 Å². The van der Waals surface area contributed by atoms with E-state index in [0.29, 0.717) is 35.5 Å². The summed E-state index contributed by atoms with van der Waals surface area (Å²) in [6.07, 6.45) is 0.202. The third kappa shape index (κ3) is 5.42. The number of nitrogens with zero attached hydrogens (tertiary/aromatic N) is 1. The summed E-state index contributed by atoms with van der Waals surface area (Å²) >= 11 is 12.1. The summed E-state index contributed by atoms with van der Waals surface area (Å²) in [6, 6.07) is 22.2. The van der Waals surface area contributed by atoms with Crippen LogP contribution in [0.25, 0.3) is 0 Å². The van der Waals surface area contributed by atoms with Gasteiger partial charge in [-0.05, 0) is 42.0 Å². The molecule has 0 bridgehead atoms. The molecule has 1 heterocycles. The van der Waals surface area contributed by atoms with Crippen LogP contribution in [0.3, 0.4) is 0 Å². The third-order valence-electron chi connectivity index (χ3n) is 5.36. The molecule has 3 aromatic carbocycles. The van der Waals surface area contributed by atoms with Crippen LogP contribution in [-0.4, -0.2) is 18.4 Å². The van der Waals surface area contributed by atoms with Crippen LogP contribution in [0.4, 0.5) is 5.69 Å². The summed E-state index contributed by atoms with van der Waals surface area (Å²) in [6.45, 7) is 1.12. The Morgan fingerprint density at radius 3 is 2.50 bits per heavy atom. The molecule has 3 aromatic rings. The first-order valence-corrected chi connectivity index (χ1v) is 11.0. The van der Waals surface area contributed by atoms with E-state index in [9.17, 15) is 9.59 Å². The van der Waals surface area contributed by atoms with Crippen molar-refractivity contribution in [3.05, 3.63) is 94.0 Å². The molecule has 1 unspecified atom stereocenters. The second kappa shape index (κ2) is 10.1. The highest BCUT2D eigenvalue weighted by atomic mass is 35.5. The Labute approximate surface area is 196 Å². The maximum atomic E-state index is 12.5.